The third-order valence-electron chi connectivity index (χ3n) is 3.15. The molecule has 2 rings (SSSR count). The Kier molecular flexibility index (Phi) is 2.91. The van der Waals surface area contributed by atoms with Crippen LogP contribution >= 0.6 is 0 Å². The molecule has 0 aromatic heterocycles. The molecule has 0 radical (unpaired) electrons. The van der Waals surface area contributed by atoms with E-state index in [2.05, 4.69) is 23.8 Å². The fourth-order valence-corrected chi connectivity index (χ4v) is 1.93. The third-order valence-corrected chi connectivity index (χ3v) is 3.15. The minimum absolute atomic E-state index is 0.166. The van der Waals surface area contributed by atoms with Gasteiger partial charge in [-0.15, -0.1) is 0 Å². The smallest absolute Gasteiger partial charge is 0.123 e. The molecule has 1 atom stereocenters. The molecule has 0 unspecified atom stereocenters. The van der Waals surface area contributed by atoms with Crippen molar-refractivity contribution in [3.05, 3.63) is 30.1 Å². The molecule has 2 nitrogen and oxygen atoms in total. The van der Waals surface area contributed by atoms with Crippen LogP contribution in [-0.4, -0.2) is 37.6 Å². The van der Waals surface area contributed by atoms with Gasteiger partial charge < -0.3 is 9.80 Å². The highest BCUT2D eigenvalue weighted by Gasteiger charge is 2.20. The van der Waals surface area contributed by atoms with Gasteiger partial charge in [0, 0.05) is 31.4 Å². The van der Waals surface area contributed by atoms with Gasteiger partial charge in [0.25, 0.3) is 0 Å². The number of anilines is 1. The van der Waals surface area contributed by atoms with Gasteiger partial charge in [0.15, 0.2) is 0 Å². The van der Waals surface area contributed by atoms with Gasteiger partial charge in [-0.05, 0) is 38.2 Å². The zero-order valence-corrected chi connectivity index (χ0v) is 9.28. The van der Waals surface area contributed by atoms with Crippen molar-refractivity contribution in [2.24, 2.45) is 0 Å². The van der Waals surface area contributed by atoms with Crippen LogP contribution in [0.4, 0.5) is 10.1 Å². The Morgan fingerprint density at radius 1 is 1.20 bits per heavy atom. The molecule has 1 aromatic carbocycles. The second kappa shape index (κ2) is 4.19. The topological polar surface area (TPSA) is 6.48 Å². The Hall–Kier alpha value is -1.09. The summed E-state index contributed by atoms with van der Waals surface area (Å²) in [6, 6.07) is 7.32. The summed E-state index contributed by atoms with van der Waals surface area (Å²) in [5.74, 6) is -0.166. The van der Waals surface area contributed by atoms with Crippen LogP contribution in [-0.2, 0) is 0 Å². The zero-order valence-electron chi connectivity index (χ0n) is 9.28. The van der Waals surface area contributed by atoms with Gasteiger partial charge in [0.2, 0.25) is 0 Å². The number of piperazine rings is 1. The van der Waals surface area contributed by atoms with E-state index in [-0.39, 0.29) is 5.82 Å². The van der Waals surface area contributed by atoms with E-state index in [9.17, 15) is 4.39 Å². The van der Waals surface area contributed by atoms with Crippen LogP contribution in [0.25, 0.3) is 0 Å². The van der Waals surface area contributed by atoms with Gasteiger partial charge >= 0.3 is 0 Å². The molecule has 0 saturated carbocycles. The van der Waals surface area contributed by atoms with Crippen LogP contribution in [0.15, 0.2) is 24.3 Å². The normalized spacial score (nSPS) is 23.1. The van der Waals surface area contributed by atoms with Crippen LogP contribution in [0, 0.1) is 5.82 Å². The molecule has 0 aliphatic carbocycles. The first-order chi connectivity index (χ1) is 7.16. The number of benzene rings is 1. The number of hydrogen-bond donors (Lipinski definition) is 0. The minimum atomic E-state index is -0.166. The molecule has 1 aliphatic rings. The van der Waals surface area contributed by atoms with Crippen molar-refractivity contribution in [1.82, 2.24) is 4.90 Å². The van der Waals surface area contributed by atoms with E-state index in [1.54, 1.807) is 0 Å². The van der Waals surface area contributed by atoms with Crippen molar-refractivity contribution >= 4 is 5.69 Å². The number of rotatable bonds is 1. The first-order valence-corrected chi connectivity index (χ1v) is 5.37. The third kappa shape index (κ3) is 2.29. The van der Waals surface area contributed by atoms with Crippen molar-refractivity contribution in [3.8, 4) is 0 Å². The number of nitrogens with zero attached hydrogens (tertiary/aromatic N) is 2. The molecule has 82 valence electrons. The summed E-state index contributed by atoms with van der Waals surface area (Å²) in [7, 11) is 2.15. The molecule has 3 heteroatoms. The Labute approximate surface area is 90.3 Å². The van der Waals surface area contributed by atoms with Crippen LogP contribution < -0.4 is 4.90 Å². The lowest BCUT2D eigenvalue weighted by atomic mass is 10.2. The van der Waals surface area contributed by atoms with Gasteiger partial charge in [-0.3, -0.25) is 0 Å². The number of halogens is 1. The van der Waals surface area contributed by atoms with Crippen LogP contribution in [0.1, 0.15) is 6.92 Å². The van der Waals surface area contributed by atoms with Crippen LogP contribution in [0.5, 0.6) is 0 Å². The monoisotopic (exact) mass is 208 g/mol. The molecule has 1 aliphatic heterocycles. The van der Waals surface area contributed by atoms with Gasteiger partial charge in [-0.2, -0.15) is 0 Å². The largest absolute Gasteiger partial charge is 0.369 e. The van der Waals surface area contributed by atoms with E-state index in [4.69, 9.17) is 0 Å². The molecule has 1 heterocycles. The predicted octanol–water partition coefficient (Wildman–Crippen LogP) is 1.97. The first kappa shape index (κ1) is 10.4. The van der Waals surface area contributed by atoms with Gasteiger partial charge in [-0.25, -0.2) is 4.39 Å². The lowest BCUT2D eigenvalue weighted by Crippen LogP contribution is -2.50. The predicted molar refractivity (Wildman–Crippen MR) is 60.7 cm³/mol. The van der Waals surface area contributed by atoms with E-state index >= 15 is 0 Å². The van der Waals surface area contributed by atoms with Gasteiger partial charge in [0.1, 0.15) is 5.82 Å². The summed E-state index contributed by atoms with van der Waals surface area (Å²) < 4.78 is 12.8. The maximum Gasteiger partial charge on any atom is 0.123 e. The summed E-state index contributed by atoms with van der Waals surface area (Å²) in [6.45, 7) is 5.32. The van der Waals surface area contributed by atoms with E-state index in [1.165, 1.54) is 12.1 Å². The molecular weight excluding hydrogens is 191 g/mol. The highest BCUT2D eigenvalue weighted by atomic mass is 19.1. The highest BCUT2D eigenvalue weighted by molar-refractivity contribution is 5.46. The summed E-state index contributed by atoms with van der Waals surface area (Å²) in [4.78, 5) is 4.66. The highest BCUT2D eigenvalue weighted by Crippen LogP contribution is 2.18. The quantitative estimate of drug-likeness (QED) is 0.696. The average molecular weight is 208 g/mol. The van der Waals surface area contributed by atoms with E-state index in [1.807, 2.05) is 12.1 Å². The Balaban J connectivity index is 2.08. The lowest BCUT2D eigenvalue weighted by Gasteiger charge is -2.39. The van der Waals surface area contributed by atoms with Crippen molar-refractivity contribution < 1.29 is 4.39 Å². The van der Waals surface area contributed by atoms with Gasteiger partial charge in [-0.1, -0.05) is 0 Å². The van der Waals surface area contributed by atoms with Crippen LogP contribution in [0.3, 0.4) is 0 Å². The van der Waals surface area contributed by atoms with Crippen molar-refractivity contribution in [1.29, 1.82) is 0 Å². The van der Waals surface area contributed by atoms with E-state index in [0.29, 0.717) is 6.04 Å². The summed E-state index contributed by atoms with van der Waals surface area (Å²) >= 11 is 0. The van der Waals surface area contributed by atoms with Crippen LogP contribution in [0.2, 0.25) is 0 Å². The van der Waals surface area contributed by atoms with Gasteiger partial charge in [0.05, 0.1) is 0 Å². The molecule has 15 heavy (non-hydrogen) atoms. The molecular formula is C12H17FN2. The minimum Gasteiger partial charge on any atom is -0.369 e. The second-order valence-electron chi connectivity index (χ2n) is 4.25. The summed E-state index contributed by atoms with van der Waals surface area (Å²) in [5, 5.41) is 0. The standard InChI is InChI=1S/C12H17FN2/c1-10-9-15(8-7-14(10)2)12-5-3-11(13)4-6-12/h3-6,10H,7-9H2,1-2H3/t10-/m0/s1. The maximum atomic E-state index is 12.8. The Bertz CT molecular complexity index is 323. The van der Waals surface area contributed by atoms with Crippen molar-refractivity contribution in [3.63, 3.8) is 0 Å². The average Bonchev–Trinajstić information content (AvgIpc) is 2.23. The number of hydrogen-bond acceptors (Lipinski definition) is 2. The molecule has 0 spiro atoms. The molecule has 1 aromatic rings. The fourth-order valence-electron chi connectivity index (χ4n) is 1.93. The Morgan fingerprint density at radius 3 is 2.47 bits per heavy atom. The summed E-state index contributed by atoms with van der Waals surface area (Å²) in [6.07, 6.45) is 0. The SMILES string of the molecule is C[C@H]1CN(c2ccc(F)cc2)CCN1C. The fraction of sp³-hybridized carbons (Fsp3) is 0.500. The van der Waals surface area contributed by atoms with E-state index in [0.717, 1.165) is 25.3 Å². The lowest BCUT2D eigenvalue weighted by molar-refractivity contribution is 0.234. The van der Waals surface area contributed by atoms with Crippen molar-refractivity contribution in [2.45, 2.75) is 13.0 Å². The zero-order chi connectivity index (χ0) is 10.8. The second-order valence-corrected chi connectivity index (χ2v) is 4.25. The first-order valence-electron chi connectivity index (χ1n) is 5.37. The molecule has 0 bridgehead atoms. The Morgan fingerprint density at radius 2 is 1.87 bits per heavy atom. The molecule has 1 saturated heterocycles. The maximum absolute atomic E-state index is 12.8. The molecule has 0 N–H and O–H groups in total. The molecule has 1 fully saturated rings. The number of likely N-dealkylation sites (N-methyl/N-ethyl adjacent to an activating group) is 1. The molecule has 0 amide bonds. The van der Waals surface area contributed by atoms with E-state index < -0.39 is 0 Å². The van der Waals surface area contributed by atoms with Crippen molar-refractivity contribution in [2.75, 3.05) is 31.6 Å². The summed E-state index contributed by atoms with van der Waals surface area (Å²) in [5.41, 5.74) is 1.12.